The Morgan fingerprint density at radius 2 is 1.76 bits per heavy atom. The average molecular weight is 395 g/mol. The number of rotatable bonds is 8. The molecule has 0 fully saturated rings. The molecule has 5 heteroatoms. The number of aryl methyl sites for hydroxylation is 2. The van der Waals surface area contributed by atoms with E-state index >= 15 is 0 Å². The topological polar surface area (TPSA) is 67.4 Å². The minimum Gasteiger partial charge on any atom is -0.489 e. The van der Waals surface area contributed by atoms with Crippen LogP contribution in [0.25, 0.3) is 0 Å². The van der Waals surface area contributed by atoms with Crippen LogP contribution in [0.15, 0.2) is 42.5 Å². The van der Waals surface area contributed by atoms with E-state index in [9.17, 15) is 9.59 Å². The Kier molecular flexibility index (Phi) is 7.28. The van der Waals surface area contributed by atoms with Crippen LogP contribution in [0.2, 0.25) is 0 Å². The molecular weight excluding hydrogens is 364 g/mol. The maximum Gasteiger partial charge on any atom is 0.314 e. The van der Waals surface area contributed by atoms with Crippen molar-refractivity contribution >= 4 is 23.2 Å². The third-order valence-corrected chi connectivity index (χ3v) is 5.24. The number of carbonyl (C=O) groups is 2. The molecule has 3 rings (SSSR count). The van der Waals surface area contributed by atoms with Gasteiger partial charge in [0, 0.05) is 5.69 Å². The van der Waals surface area contributed by atoms with Crippen molar-refractivity contribution in [3.63, 3.8) is 0 Å². The van der Waals surface area contributed by atoms with Gasteiger partial charge in [0.25, 0.3) is 0 Å². The molecule has 1 atom stereocenters. The number of ether oxygens (including phenoxy) is 1. The number of hydrogen-bond acceptors (Lipinski definition) is 3. The molecule has 0 bridgehead atoms. The Morgan fingerprint density at radius 3 is 2.59 bits per heavy atom. The summed E-state index contributed by atoms with van der Waals surface area (Å²) in [6.07, 6.45) is 7.68. The Hall–Kier alpha value is -2.82. The fourth-order valence-electron chi connectivity index (χ4n) is 3.65. The van der Waals surface area contributed by atoms with Crippen molar-refractivity contribution in [2.45, 2.75) is 64.9 Å². The van der Waals surface area contributed by atoms with E-state index in [0.29, 0.717) is 17.1 Å². The lowest BCUT2D eigenvalue weighted by molar-refractivity contribution is -0.133. The van der Waals surface area contributed by atoms with Crippen molar-refractivity contribution in [3.8, 4) is 5.75 Å². The minimum atomic E-state index is -0.708. The third kappa shape index (κ3) is 5.83. The van der Waals surface area contributed by atoms with E-state index in [0.717, 1.165) is 32.1 Å². The van der Waals surface area contributed by atoms with Gasteiger partial charge in [0.05, 0.1) is 11.8 Å². The van der Waals surface area contributed by atoms with E-state index in [1.54, 1.807) is 6.07 Å². The SMILES string of the molecule is CCCCCC(C)Oc1ccccc1NC(=O)C(=O)Nc1ccc2c(c1)CCC2. The van der Waals surface area contributed by atoms with Gasteiger partial charge in [0.1, 0.15) is 5.75 Å². The maximum atomic E-state index is 12.4. The van der Waals surface area contributed by atoms with Crippen LogP contribution in [-0.2, 0) is 22.4 Å². The third-order valence-electron chi connectivity index (χ3n) is 5.24. The summed E-state index contributed by atoms with van der Waals surface area (Å²) in [5, 5.41) is 5.37. The molecule has 0 saturated carbocycles. The summed E-state index contributed by atoms with van der Waals surface area (Å²) in [5.74, 6) is -0.816. The number of nitrogens with one attached hydrogen (secondary N) is 2. The first kappa shape index (κ1) is 20.9. The molecular formula is C24H30N2O3. The number of fused-ring (bicyclic) bond motifs is 1. The van der Waals surface area contributed by atoms with E-state index in [-0.39, 0.29) is 6.10 Å². The molecule has 2 amide bonds. The van der Waals surface area contributed by atoms with Gasteiger partial charge in [-0.05, 0) is 74.4 Å². The summed E-state index contributed by atoms with van der Waals surface area (Å²) in [6, 6.07) is 13.1. The van der Waals surface area contributed by atoms with Crippen molar-refractivity contribution < 1.29 is 14.3 Å². The summed E-state index contributed by atoms with van der Waals surface area (Å²) in [4.78, 5) is 24.8. The lowest BCUT2D eigenvalue weighted by atomic mass is 10.1. The minimum absolute atomic E-state index is 0.0415. The van der Waals surface area contributed by atoms with Gasteiger partial charge in [0.2, 0.25) is 0 Å². The van der Waals surface area contributed by atoms with Crippen molar-refractivity contribution in [2.24, 2.45) is 0 Å². The van der Waals surface area contributed by atoms with Gasteiger partial charge < -0.3 is 15.4 Å². The second kappa shape index (κ2) is 10.1. The van der Waals surface area contributed by atoms with E-state index in [2.05, 4.69) is 17.6 Å². The van der Waals surface area contributed by atoms with Crippen molar-refractivity contribution in [1.82, 2.24) is 0 Å². The average Bonchev–Trinajstić information content (AvgIpc) is 3.17. The molecule has 0 aliphatic heterocycles. The molecule has 154 valence electrons. The molecule has 0 heterocycles. The molecule has 5 nitrogen and oxygen atoms in total. The largest absolute Gasteiger partial charge is 0.489 e. The highest BCUT2D eigenvalue weighted by Crippen LogP contribution is 2.27. The van der Waals surface area contributed by atoms with Crippen molar-refractivity contribution in [3.05, 3.63) is 53.6 Å². The van der Waals surface area contributed by atoms with E-state index in [1.165, 1.54) is 24.0 Å². The fraction of sp³-hybridized carbons (Fsp3) is 0.417. The standard InChI is InChI=1S/C24H30N2O3/c1-3-4-5-9-17(2)29-22-13-7-6-12-21(22)26-24(28)23(27)25-20-15-14-18-10-8-11-19(18)16-20/h6-7,12-17H,3-5,8-11H2,1-2H3,(H,25,27)(H,26,28). The van der Waals surface area contributed by atoms with E-state index in [4.69, 9.17) is 4.74 Å². The Balaban J connectivity index is 1.59. The molecule has 0 aromatic heterocycles. The number of amides is 2. The second-order valence-electron chi connectivity index (χ2n) is 7.67. The summed E-state index contributed by atoms with van der Waals surface area (Å²) in [7, 11) is 0. The summed E-state index contributed by atoms with van der Waals surface area (Å²) in [5.41, 5.74) is 3.73. The van der Waals surface area contributed by atoms with Gasteiger partial charge in [-0.1, -0.05) is 38.0 Å². The first-order chi connectivity index (χ1) is 14.1. The lowest BCUT2D eigenvalue weighted by Crippen LogP contribution is -2.29. The Labute approximate surface area is 172 Å². The van der Waals surface area contributed by atoms with Crippen LogP contribution in [0, 0.1) is 0 Å². The van der Waals surface area contributed by atoms with Gasteiger partial charge in [-0.3, -0.25) is 9.59 Å². The first-order valence-corrected chi connectivity index (χ1v) is 10.6. The zero-order chi connectivity index (χ0) is 20.6. The van der Waals surface area contributed by atoms with Crippen LogP contribution in [0.4, 0.5) is 11.4 Å². The first-order valence-electron chi connectivity index (χ1n) is 10.6. The number of unbranched alkanes of at least 4 members (excludes halogenated alkanes) is 2. The highest BCUT2D eigenvalue weighted by atomic mass is 16.5. The van der Waals surface area contributed by atoms with Gasteiger partial charge >= 0.3 is 11.8 Å². The smallest absolute Gasteiger partial charge is 0.314 e. The highest BCUT2D eigenvalue weighted by Gasteiger charge is 2.18. The quantitative estimate of drug-likeness (QED) is 0.483. The molecule has 0 saturated heterocycles. The van der Waals surface area contributed by atoms with Crippen LogP contribution >= 0.6 is 0 Å². The van der Waals surface area contributed by atoms with Crippen LogP contribution in [0.3, 0.4) is 0 Å². The van der Waals surface area contributed by atoms with Crippen molar-refractivity contribution in [1.29, 1.82) is 0 Å². The predicted molar refractivity (Wildman–Crippen MR) is 116 cm³/mol. The van der Waals surface area contributed by atoms with Gasteiger partial charge in [-0.25, -0.2) is 0 Å². The fourth-order valence-corrected chi connectivity index (χ4v) is 3.65. The summed E-state index contributed by atoms with van der Waals surface area (Å²) >= 11 is 0. The number of anilines is 2. The summed E-state index contributed by atoms with van der Waals surface area (Å²) in [6.45, 7) is 4.19. The molecule has 29 heavy (non-hydrogen) atoms. The predicted octanol–water partition coefficient (Wildman–Crippen LogP) is 5.10. The maximum absolute atomic E-state index is 12.4. The molecule has 2 N–H and O–H groups in total. The molecule has 0 spiro atoms. The molecule has 2 aromatic rings. The lowest BCUT2D eigenvalue weighted by Gasteiger charge is -2.17. The molecule has 0 radical (unpaired) electrons. The second-order valence-corrected chi connectivity index (χ2v) is 7.67. The molecule has 1 aliphatic rings. The van der Waals surface area contributed by atoms with Gasteiger partial charge in [-0.15, -0.1) is 0 Å². The highest BCUT2D eigenvalue weighted by molar-refractivity contribution is 6.43. The molecule has 1 aliphatic carbocycles. The van der Waals surface area contributed by atoms with E-state index in [1.807, 2.05) is 43.3 Å². The number of benzene rings is 2. The summed E-state index contributed by atoms with van der Waals surface area (Å²) < 4.78 is 5.99. The molecule has 2 aromatic carbocycles. The van der Waals surface area contributed by atoms with Crippen LogP contribution in [0.5, 0.6) is 5.75 Å². The van der Waals surface area contributed by atoms with Gasteiger partial charge in [0.15, 0.2) is 0 Å². The molecule has 1 unspecified atom stereocenters. The van der Waals surface area contributed by atoms with Crippen LogP contribution in [-0.4, -0.2) is 17.9 Å². The monoisotopic (exact) mass is 394 g/mol. The van der Waals surface area contributed by atoms with Crippen LogP contribution < -0.4 is 15.4 Å². The van der Waals surface area contributed by atoms with Gasteiger partial charge in [-0.2, -0.15) is 0 Å². The Bertz CT molecular complexity index is 863. The van der Waals surface area contributed by atoms with Crippen LogP contribution in [0.1, 0.15) is 57.1 Å². The number of carbonyl (C=O) groups excluding carboxylic acids is 2. The normalized spacial score (nSPS) is 13.4. The number of hydrogen-bond donors (Lipinski definition) is 2. The zero-order valence-corrected chi connectivity index (χ0v) is 17.3. The zero-order valence-electron chi connectivity index (χ0n) is 17.3. The number of para-hydroxylation sites is 2. The van der Waals surface area contributed by atoms with E-state index < -0.39 is 11.8 Å². The van der Waals surface area contributed by atoms with Crippen molar-refractivity contribution in [2.75, 3.05) is 10.6 Å². The Morgan fingerprint density at radius 1 is 1.00 bits per heavy atom.